The van der Waals surface area contributed by atoms with Crippen LogP contribution in [0.5, 0.6) is 0 Å². The third kappa shape index (κ3) is 0.733. The summed E-state index contributed by atoms with van der Waals surface area (Å²) in [7, 11) is 0. The van der Waals surface area contributed by atoms with Crippen LogP contribution in [0.3, 0.4) is 0 Å². The smallest absolute Gasteiger partial charge is 0.221 e. The van der Waals surface area contributed by atoms with Crippen LogP contribution >= 0.6 is 12.2 Å². The van der Waals surface area contributed by atoms with Gasteiger partial charge in [-0.2, -0.15) is 4.99 Å². The van der Waals surface area contributed by atoms with Gasteiger partial charge in [-0.25, -0.2) is 9.98 Å². The maximum atomic E-state index is 4.74. The lowest BCUT2D eigenvalue weighted by molar-refractivity contribution is 1.53. The van der Waals surface area contributed by atoms with Crippen LogP contribution in [0, 0.1) is 0 Å². The fourth-order valence-electron chi connectivity index (χ4n) is 0.776. The van der Waals surface area contributed by atoms with Crippen molar-refractivity contribution in [3.05, 3.63) is 11.6 Å². The minimum Gasteiger partial charge on any atom is -0.236 e. The van der Waals surface area contributed by atoms with Gasteiger partial charge in [0.1, 0.15) is 0 Å². The summed E-state index contributed by atoms with van der Waals surface area (Å²) in [4.78, 5) is 11.7. The molecule has 3 nitrogen and oxygen atoms in total. The van der Waals surface area contributed by atoms with Gasteiger partial charge in [-0.1, -0.05) is 0 Å². The molecule has 2 aliphatic heterocycles. The molecule has 0 N–H and O–H groups in total. The number of rotatable bonds is 0. The van der Waals surface area contributed by atoms with E-state index in [0.29, 0.717) is 10.9 Å². The molecule has 0 amide bonds. The van der Waals surface area contributed by atoms with E-state index in [9.17, 15) is 0 Å². The molecule has 0 saturated carbocycles. The third-order valence-electron chi connectivity index (χ3n) is 1.22. The number of hydrogen-bond acceptors (Lipinski definition) is 2. The second-order valence-corrected chi connectivity index (χ2v) is 2.24. The molecule has 0 unspecified atom stereocenters. The normalized spacial score (nSPS) is 20.6. The summed E-state index contributed by atoms with van der Waals surface area (Å²) in [5.41, 5.74) is 0.939. The highest BCUT2D eigenvalue weighted by molar-refractivity contribution is 7.80. The minimum atomic E-state index is 0.353. The van der Waals surface area contributed by atoms with E-state index in [-0.39, 0.29) is 0 Å². The number of fused-ring (bicyclic) bond motifs is 1. The molecule has 48 valence electrons. The number of thiocarbonyl (C=S) groups is 1. The first-order chi connectivity index (χ1) is 4.86. The van der Waals surface area contributed by atoms with E-state index in [1.165, 1.54) is 0 Å². The topological polar surface area (TPSA) is 37.1 Å². The lowest BCUT2D eigenvalue weighted by atomic mass is 10.3. The molecule has 0 spiro atoms. The maximum Gasteiger partial charge on any atom is 0.221 e. The van der Waals surface area contributed by atoms with Crippen molar-refractivity contribution in [1.82, 2.24) is 0 Å². The summed E-state index contributed by atoms with van der Waals surface area (Å²) in [5, 5.41) is 0.353. The van der Waals surface area contributed by atoms with Gasteiger partial charge in [-0.3, -0.25) is 0 Å². The van der Waals surface area contributed by atoms with Crippen molar-refractivity contribution in [2.75, 3.05) is 0 Å². The minimum absolute atomic E-state index is 0.353. The molecular weight excluding hydrogens is 146 g/mol. The molecule has 0 aromatic carbocycles. The van der Waals surface area contributed by atoms with Crippen molar-refractivity contribution in [3.8, 4) is 0 Å². The summed E-state index contributed by atoms with van der Waals surface area (Å²) >= 11 is 4.74. The van der Waals surface area contributed by atoms with E-state index < -0.39 is 0 Å². The number of amidine groups is 1. The summed E-state index contributed by atoms with van der Waals surface area (Å²) in [6.07, 6.45) is 5.22. The van der Waals surface area contributed by atoms with Crippen LogP contribution in [-0.2, 0) is 0 Å². The largest absolute Gasteiger partial charge is 0.236 e. The van der Waals surface area contributed by atoms with E-state index in [1.54, 1.807) is 12.4 Å². The van der Waals surface area contributed by atoms with Crippen LogP contribution in [0.15, 0.2) is 26.6 Å². The Labute approximate surface area is 62.9 Å². The summed E-state index contributed by atoms with van der Waals surface area (Å²) in [6.45, 7) is 0. The average Bonchev–Trinajstić information content (AvgIpc) is 2.33. The highest BCUT2D eigenvalue weighted by Crippen LogP contribution is 2.07. The first-order valence-corrected chi connectivity index (χ1v) is 3.18. The molecule has 10 heavy (non-hydrogen) atoms. The Morgan fingerprint density at radius 2 is 2.20 bits per heavy atom. The fraction of sp³-hybridized carbons (Fsp3) is 0. The quantitative estimate of drug-likeness (QED) is 0.468. The fourth-order valence-corrected chi connectivity index (χ4v) is 0.915. The summed E-state index contributed by atoms with van der Waals surface area (Å²) in [5.74, 6) is 0.681. The summed E-state index contributed by atoms with van der Waals surface area (Å²) < 4.78 is 0. The van der Waals surface area contributed by atoms with Crippen LogP contribution in [-0.4, -0.2) is 23.4 Å². The van der Waals surface area contributed by atoms with Gasteiger partial charge in [0.25, 0.3) is 0 Å². The molecule has 0 atom stereocenters. The van der Waals surface area contributed by atoms with Gasteiger partial charge in [0.05, 0.1) is 0 Å². The molecule has 0 aromatic heterocycles. The van der Waals surface area contributed by atoms with Gasteiger partial charge in [-0.05, 0) is 18.3 Å². The van der Waals surface area contributed by atoms with Gasteiger partial charge in [0.15, 0.2) is 5.84 Å². The Hall–Kier alpha value is -1.16. The Balaban J connectivity index is 2.51. The monoisotopic (exact) mass is 149 g/mol. The molecule has 4 heteroatoms. The second kappa shape index (κ2) is 1.91. The molecule has 2 aliphatic rings. The highest BCUT2D eigenvalue weighted by Gasteiger charge is 2.11. The van der Waals surface area contributed by atoms with Crippen molar-refractivity contribution in [1.29, 1.82) is 0 Å². The molecular formula is C6H3N3S. The lowest BCUT2D eigenvalue weighted by Gasteiger charge is -1.99. The number of nitrogens with zero attached hydrogens (tertiary/aromatic N) is 3. The van der Waals surface area contributed by atoms with E-state index in [1.807, 2.05) is 6.08 Å². The third-order valence-corrected chi connectivity index (χ3v) is 1.42. The zero-order valence-corrected chi connectivity index (χ0v) is 5.80. The first-order valence-electron chi connectivity index (χ1n) is 2.78. The molecule has 0 aliphatic carbocycles. The van der Waals surface area contributed by atoms with Crippen molar-refractivity contribution in [2.24, 2.45) is 15.0 Å². The highest BCUT2D eigenvalue weighted by atomic mass is 32.1. The molecule has 0 aromatic rings. The van der Waals surface area contributed by atoms with Crippen molar-refractivity contribution in [2.45, 2.75) is 0 Å². The maximum absolute atomic E-state index is 4.74. The molecule has 2 heterocycles. The zero-order chi connectivity index (χ0) is 6.97. The Morgan fingerprint density at radius 3 is 3.10 bits per heavy atom. The van der Waals surface area contributed by atoms with E-state index in [0.717, 1.165) is 5.57 Å². The van der Waals surface area contributed by atoms with Crippen molar-refractivity contribution >= 4 is 35.6 Å². The zero-order valence-electron chi connectivity index (χ0n) is 4.98. The SMILES string of the molecule is S=C1N=CC2=CC=NC2=N1. The Morgan fingerprint density at radius 1 is 1.30 bits per heavy atom. The molecule has 2 rings (SSSR count). The molecule has 0 bridgehead atoms. The standard InChI is InChI=1S/C6H3N3S/c10-6-8-3-4-1-2-7-5(4)9-6/h1-3H. The number of allylic oxidation sites excluding steroid dienone is 1. The van der Waals surface area contributed by atoms with E-state index in [4.69, 9.17) is 12.2 Å². The average molecular weight is 149 g/mol. The molecule has 0 saturated heterocycles. The van der Waals surface area contributed by atoms with Crippen LogP contribution < -0.4 is 0 Å². The van der Waals surface area contributed by atoms with Crippen LogP contribution in [0.2, 0.25) is 0 Å². The van der Waals surface area contributed by atoms with Gasteiger partial charge in [0, 0.05) is 18.0 Å². The summed E-state index contributed by atoms with van der Waals surface area (Å²) in [6, 6.07) is 0. The number of hydrogen-bond donors (Lipinski definition) is 0. The Kier molecular flexibility index (Phi) is 1.07. The van der Waals surface area contributed by atoms with Gasteiger partial charge in [0.2, 0.25) is 5.11 Å². The lowest BCUT2D eigenvalue weighted by Crippen LogP contribution is -2.05. The number of aliphatic imine (C=N–C) groups is 3. The first kappa shape index (κ1) is 5.61. The second-order valence-electron chi connectivity index (χ2n) is 1.88. The Bertz CT molecular complexity index is 309. The van der Waals surface area contributed by atoms with Gasteiger partial charge >= 0.3 is 0 Å². The van der Waals surface area contributed by atoms with Crippen molar-refractivity contribution in [3.63, 3.8) is 0 Å². The van der Waals surface area contributed by atoms with E-state index >= 15 is 0 Å². The van der Waals surface area contributed by atoms with Gasteiger partial charge < -0.3 is 0 Å². The predicted molar refractivity (Wildman–Crippen MR) is 45.1 cm³/mol. The van der Waals surface area contributed by atoms with Crippen LogP contribution in [0.4, 0.5) is 0 Å². The van der Waals surface area contributed by atoms with E-state index in [2.05, 4.69) is 15.0 Å². The predicted octanol–water partition coefficient (Wildman–Crippen LogP) is 0.765. The van der Waals surface area contributed by atoms with Crippen molar-refractivity contribution < 1.29 is 0 Å². The molecule has 0 radical (unpaired) electrons. The van der Waals surface area contributed by atoms with Crippen LogP contribution in [0.25, 0.3) is 0 Å². The molecule has 0 fully saturated rings. The van der Waals surface area contributed by atoms with Crippen LogP contribution in [0.1, 0.15) is 0 Å². The van der Waals surface area contributed by atoms with Gasteiger partial charge in [-0.15, -0.1) is 0 Å².